The normalized spacial score (nSPS) is 19.8. The number of rotatable bonds is 4. The minimum absolute atomic E-state index is 0.0463. The highest BCUT2D eigenvalue weighted by Gasteiger charge is 2.24. The highest BCUT2D eigenvalue weighted by Crippen LogP contribution is 2.29. The summed E-state index contributed by atoms with van der Waals surface area (Å²) in [5.41, 5.74) is 1.72. The molecule has 1 aliphatic rings. The summed E-state index contributed by atoms with van der Waals surface area (Å²) in [6, 6.07) is 9.55. The van der Waals surface area contributed by atoms with E-state index < -0.39 is 0 Å². The van der Waals surface area contributed by atoms with E-state index in [0.29, 0.717) is 6.04 Å². The monoisotopic (exact) mass is 348 g/mol. The molecular weight excluding hydrogens is 328 g/mol. The fraction of sp³-hybridized carbons (Fsp3) is 0.316. The Balaban J connectivity index is 1.47. The molecule has 0 aromatic carbocycles. The van der Waals surface area contributed by atoms with Crippen LogP contribution in [0.15, 0.2) is 60.0 Å². The molecule has 1 saturated carbocycles. The molecule has 4 rings (SSSR count). The molecule has 0 bridgehead atoms. The van der Waals surface area contributed by atoms with Crippen molar-refractivity contribution in [2.45, 2.75) is 37.8 Å². The number of aromatic nitrogens is 5. The topological polar surface area (TPSA) is 85.6 Å². The van der Waals surface area contributed by atoms with E-state index in [1.54, 1.807) is 41.7 Å². The second-order valence-electron chi connectivity index (χ2n) is 6.48. The molecule has 0 unspecified atom stereocenters. The van der Waals surface area contributed by atoms with Gasteiger partial charge in [-0.3, -0.25) is 9.78 Å². The zero-order chi connectivity index (χ0) is 17.8. The predicted octanol–water partition coefficient (Wildman–Crippen LogP) is 2.69. The lowest BCUT2D eigenvalue weighted by Crippen LogP contribution is -2.33. The first-order chi connectivity index (χ1) is 12.8. The number of nitrogens with one attached hydrogen (secondary N) is 1. The van der Waals surface area contributed by atoms with Crippen LogP contribution in [0.2, 0.25) is 0 Å². The van der Waals surface area contributed by atoms with E-state index in [1.807, 2.05) is 18.2 Å². The first-order valence-electron chi connectivity index (χ1n) is 8.82. The standard InChI is InChI=1S/C19H20N6O/c26-19-6-5-17(14-7-10-20-11-8-14)24-25(19)16-3-1-15(2-4-16)23-18-9-12-21-13-22-18/h5-13,15-16H,1-4H2,(H,21,22,23). The van der Waals surface area contributed by atoms with E-state index in [-0.39, 0.29) is 11.6 Å². The highest BCUT2D eigenvalue weighted by atomic mass is 16.1. The van der Waals surface area contributed by atoms with Gasteiger partial charge in [0.1, 0.15) is 12.1 Å². The number of nitrogens with zero attached hydrogens (tertiary/aromatic N) is 5. The Kier molecular flexibility index (Phi) is 4.68. The van der Waals surface area contributed by atoms with Crippen molar-refractivity contribution in [3.8, 4) is 11.3 Å². The van der Waals surface area contributed by atoms with E-state index in [2.05, 4.69) is 25.4 Å². The SMILES string of the molecule is O=c1ccc(-c2ccncc2)nn1C1CCC(Nc2ccncn2)CC1. The van der Waals surface area contributed by atoms with E-state index in [9.17, 15) is 4.79 Å². The van der Waals surface area contributed by atoms with Crippen molar-refractivity contribution in [1.82, 2.24) is 24.7 Å². The van der Waals surface area contributed by atoms with Crippen molar-refractivity contribution in [2.24, 2.45) is 0 Å². The Bertz CT molecular complexity index is 904. The smallest absolute Gasteiger partial charge is 0.267 e. The van der Waals surface area contributed by atoms with Crippen molar-refractivity contribution in [2.75, 3.05) is 5.32 Å². The van der Waals surface area contributed by atoms with Gasteiger partial charge < -0.3 is 5.32 Å². The van der Waals surface area contributed by atoms with Crippen LogP contribution in [0.4, 0.5) is 5.82 Å². The highest BCUT2D eigenvalue weighted by molar-refractivity contribution is 5.57. The number of hydrogen-bond acceptors (Lipinski definition) is 6. The molecule has 26 heavy (non-hydrogen) atoms. The van der Waals surface area contributed by atoms with E-state index >= 15 is 0 Å². The Morgan fingerprint density at radius 3 is 2.42 bits per heavy atom. The molecule has 0 atom stereocenters. The van der Waals surface area contributed by atoms with Crippen molar-refractivity contribution in [3.63, 3.8) is 0 Å². The third-order valence-electron chi connectivity index (χ3n) is 4.78. The summed E-state index contributed by atoms with van der Waals surface area (Å²) < 4.78 is 1.65. The third kappa shape index (κ3) is 3.61. The third-order valence-corrected chi connectivity index (χ3v) is 4.78. The molecule has 1 fully saturated rings. The van der Waals surface area contributed by atoms with Gasteiger partial charge in [-0.15, -0.1) is 0 Å². The lowest BCUT2D eigenvalue weighted by molar-refractivity contribution is 0.304. The molecule has 3 heterocycles. The zero-order valence-corrected chi connectivity index (χ0v) is 14.3. The molecule has 1 aliphatic carbocycles. The van der Waals surface area contributed by atoms with Crippen LogP contribution < -0.4 is 10.9 Å². The Morgan fingerprint density at radius 1 is 0.923 bits per heavy atom. The van der Waals surface area contributed by atoms with Gasteiger partial charge in [-0.2, -0.15) is 5.10 Å². The maximum absolute atomic E-state index is 12.3. The zero-order valence-electron chi connectivity index (χ0n) is 14.3. The molecule has 0 saturated heterocycles. The maximum Gasteiger partial charge on any atom is 0.267 e. The van der Waals surface area contributed by atoms with Gasteiger partial charge >= 0.3 is 0 Å². The van der Waals surface area contributed by atoms with Gasteiger partial charge in [-0.1, -0.05) is 0 Å². The van der Waals surface area contributed by atoms with Gasteiger partial charge in [0.25, 0.3) is 5.56 Å². The van der Waals surface area contributed by atoms with E-state index in [4.69, 9.17) is 0 Å². The van der Waals surface area contributed by atoms with E-state index in [0.717, 1.165) is 42.8 Å². The summed E-state index contributed by atoms with van der Waals surface area (Å²) in [6.07, 6.45) is 10.5. The van der Waals surface area contributed by atoms with Crippen molar-refractivity contribution >= 4 is 5.82 Å². The van der Waals surface area contributed by atoms with Crippen LogP contribution in [0.25, 0.3) is 11.3 Å². The van der Waals surface area contributed by atoms with Crippen LogP contribution in [0, 0.1) is 0 Å². The van der Waals surface area contributed by atoms with Gasteiger partial charge in [0.05, 0.1) is 11.7 Å². The van der Waals surface area contributed by atoms with Crippen LogP contribution in [-0.4, -0.2) is 30.8 Å². The molecule has 0 amide bonds. The second kappa shape index (κ2) is 7.43. The number of hydrogen-bond donors (Lipinski definition) is 1. The summed E-state index contributed by atoms with van der Waals surface area (Å²) in [5.74, 6) is 0.846. The quantitative estimate of drug-likeness (QED) is 0.780. The Morgan fingerprint density at radius 2 is 1.69 bits per heavy atom. The summed E-state index contributed by atoms with van der Waals surface area (Å²) in [7, 11) is 0. The second-order valence-corrected chi connectivity index (χ2v) is 6.48. The van der Waals surface area contributed by atoms with Crippen molar-refractivity contribution < 1.29 is 0 Å². The molecule has 0 aliphatic heterocycles. The summed E-state index contributed by atoms with van der Waals surface area (Å²) in [5, 5.41) is 8.05. The molecule has 132 valence electrons. The molecule has 3 aromatic rings. The van der Waals surface area contributed by atoms with Gasteiger partial charge in [0, 0.05) is 36.3 Å². The minimum atomic E-state index is -0.0463. The van der Waals surface area contributed by atoms with Crippen LogP contribution in [0.1, 0.15) is 31.7 Å². The van der Waals surface area contributed by atoms with Gasteiger partial charge in [-0.25, -0.2) is 14.6 Å². The summed E-state index contributed by atoms with van der Waals surface area (Å²) in [4.78, 5) is 24.5. The molecule has 1 N–H and O–H groups in total. The molecule has 0 radical (unpaired) electrons. The molecule has 3 aromatic heterocycles. The Hall–Kier alpha value is -3.09. The first-order valence-corrected chi connectivity index (χ1v) is 8.82. The van der Waals surface area contributed by atoms with Crippen LogP contribution >= 0.6 is 0 Å². The molecule has 7 heteroatoms. The van der Waals surface area contributed by atoms with Crippen molar-refractivity contribution in [1.29, 1.82) is 0 Å². The lowest BCUT2D eigenvalue weighted by Gasteiger charge is -2.29. The largest absolute Gasteiger partial charge is 0.367 e. The maximum atomic E-state index is 12.3. The number of anilines is 1. The van der Waals surface area contributed by atoms with Gasteiger partial charge in [0.15, 0.2) is 0 Å². The Labute approximate surface area is 151 Å². The van der Waals surface area contributed by atoms with E-state index in [1.165, 1.54) is 0 Å². The van der Waals surface area contributed by atoms with Crippen LogP contribution in [-0.2, 0) is 0 Å². The average molecular weight is 348 g/mol. The minimum Gasteiger partial charge on any atom is -0.367 e. The van der Waals surface area contributed by atoms with Gasteiger partial charge in [-0.05, 0) is 49.9 Å². The van der Waals surface area contributed by atoms with Gasteiger partial charge in [0.2, 0.25) is 0 Å². The number of pyridine rings is 1. The summed E-state index contributed by atoms with van der Waals surface area (Å²) >= 11 is 0. The fourth-order valence-electron chi connectivity index (χ4n) is 3.41. The summed E-state index contributed by atoms with van der Waals surface area (Å²) in [6.45, 7) is 0. The molecule has 0 spiro atoms. The molecule has 7 nitrogen and oxygen atoms in total. The van der Waals surface area contributed by atoms with Crippen LogP contribution in [0.5, 0.6) is 0 Å². The first kappa shape index (κ1) is 16.4. The van der Waals surface area contributed by atoms with Crippen LogP contribution in [0.3, 0.4) is 0 Å². The lowest BCUT2D eigenvalue weighted by atomic mass is 9.91. The average Bonchev–Trinajstić information content (AvgIpc) is 2.71. The fourth-order valence-corrected chi connectivity index (χ4v) is 3.41. The predicted molar refractivity (Wildman–Crippen MR) is 98.7 cm³/mol. The molecular formula is C19H20N6O. The van der Waals surface area contributed by atoms with Crippen molar-refractivity contribution in [3.05, 3.63) is 65.6 Å².